The number of nitrogens with zero attached hydrogens (tertiary/aromatic N) is 2. The molecule has 5 nitrogen and oxygen atoms in total. The lowest BCUT2D eigenvalue weighted by atomic mass is 10.3. The second-order valence-electron chi connectivity index (χ2n) is 3.78. The van der Waals surface area contributed by atoms with Gasteiger partial charge in [0.05, 0.1) is 13.2 Å². The van der Waals surface area contributed by atoms with Gasteiger partial charge < -0.3 is 14.9 Å². The van der Waals surface area contributed by atoms with Crippen LogP contribution in [0.1, 0.15) is 20.8 Å². The van der Waals surface area contributed by atoms with Gasteiger partial charge in [-0.05, 0) is 13.8 Å². The number of aliphatic hydroxyl groups is 1. The van der Waals surface area contributed by atoms with Crippen molar-refractivity contribution in [3.8, 4) is 0 Å². The highest BCUT2D eigenvalue weighted by Crippen LogP contribution is 1.99. The maximum Gasteiger partial charge on any atom is 0.242 e. The predicted molar refractivity (Wildman–Crippen MR) is 57.2 cm³/mol. The molecule has 0 heterocycles. The summed E-state index contributed by atoms with van der Waals surface area (Å²) in [6.07, 6.45) is 0. The van der Waals surface area contributed by atoms with Gasteiger partial charge in [-0.1, -0.05) is 0 Å². The van der Waals surface area contributed by atoms with E-state index in [4.69, 9.17) is 5.11 Å². The van der Waals surface area contributed by atoms with Crippen LogP contribution in [0.2, 0.25) is 0 Å². The van der Waals surface area contributed by atoms with E-state index >= 15 is 0 Å². The number of aliphatic hydroxyl groups excluding tert-OH is 1. The molecule has 0 aromatic carbocycles. The van der Waals surface area contributed by atoms with Crippen LogP contribution < -0.4 is 0 Å². The van der Waals surface area contributed by atoms with Crippen LogP contribution in [0.3, 0.4) is 0 Å². The monoisotopic (exact) mass is 216 g/mol. The van der Waals surface area contributed by atoms with Gasteiger partial charge in [0.1, 0.15) is 0 Å². The minimum atomic E-state index is -0.143. The molecule has 0 aliphatic heterocycles. The van der Waals surface area contributed by atoms with E-state index in [-0.39, 0.29) is 31.0 Å². The Labute approximate surface area is 90.7 Å². The first-order chi connectivity index (χ1) is 6.90. The molecule has 1 N–H and O–H groups in total. The molecule has 5 heteroatoms. The lowest BCUT2D eigenvalue weighted by Crippen LogP contribution is -2.45. The van der Waals surface area contributed by atoms with Gasteiger partial charge in [0.2, 0.25) is 11.8 Å². The van der Waals surface area contributed by atoms with Gasteiger partial charge in [-0.2, -0.15) is 0 Å². The molecule has 0 aromatic heterocycles. The van der Waals surface area contributed by atoms with Gasteiger partial charge in [-0.3, -0.25) is 9.59 Å². The minimum Gasteiger partial charge on any atom is -0.395 e. The molecular formula is C10H20N2O3. The Bertz CT molecular complexity index is 229. The zero-order valence-electron chi connectivity index (χ0n) is 9.86. The number of amides is 2. The third-order valence-corrected chi connectivity index (χ3v) is 2.19. The molecule has 0 rings (SSSR count). The number of carbonyl (C=O) groups is 2. The summed E-state index contributed by atoms with van der Waals surface area (Å²) in [4.78, 5) is 25.6. The van der Waals surface area contributed by atoms with Crippen LogP contribution in [0.25, 0.3) is 0 Å². The van der Waals surface area contributed by atoms with Crippen molar-refractivity contribution < 1.29 is 14.7 Å². The summed E-state index contributed by atoms with van der Waals surface area (Å²) in [7, 11) is 1.58. The van der Waals surface area contributed by atoms with E-state index in [2.05, 4.69) is 0 Å². The predicted octanol–water partition coefficient (Wildman–Crippen LogP) is -0.306. The topological polar surface area (TPSA) is 60.9 Å². The maximum atomic E-state index is 11.7. The van der Waals surface area contributed by atoms with Crippen LogP contribution in [0.15, 0.2) is 0 Å². The average Bonchev–Trinajstić information content (AvgIpc) is 2.12. The first-order valence-electron chi connectivity index (χ1n) is 5.02. The average molecular weight is 216 g/mol. The molecule has 0 aliphatic rings. The van der Waals surface area contributed by atoms with Gasteiger partial charge >= 0.3 is 0 Å². The fourth-order valence-electron chi connectivity index (χ4n) is 1.18. The highest BCUT2D eigenvalue weighted by atomic mass is 16.3. The van der Waals surface area contributed by atoms with Crippen LogP contribution in [0.4, 0.5) is 0 Å². The fraction of sp³-hybridized carbons (Fsp3) is 0.800. The number of rotatable bonds is 5. The van der Waals surface area contributed by atoms with Gasteiger partial charge in [0.15, 0.2) is 0 Å². The van der Waals surface area contributed by atoms with Crippen molar-refractivity contribution in [2.45, 2.75) is 26.8 Å². The number of hydrogen-bond acceptors (Lipinski definition) is 3. The van der Waals surface area contributed by atoms with Crippen molar-refractivity contribution in [3.63, 3.8) is 0 Å². The smallest absolute Gasteiger partial charge is 0.242 e. The number of hydrogen-bond donors (Lipinski definition) is 1. The largest absolute Gasteiger partial charge is 0.395 e. The van der Waals surface area contributed by atoms with Crippen molar-refractivity contribution in [1.29, 1.82) is 0 Å². The summed E-state index contributed by atoms with van der Waals surface area (Å²) < 4.78 is 0. The number of carbonyl (C=O) groups excluding carboxylic acids is 2. The lowest BCUT2D eigenvalue weighted by molar-refractivity contribution is -0.139. The Kier molecular flexibility index (Phi) is 5.93. The van der Waals surface area contributed by atoms with E-state index in [0.29, 0.717) is 6.54 Å². The molecule has 0 aromatic rings. The quantitative estimate of drug-likeness (QED) is 0.686. The lowest BCUT2D eigenvalue weighted by Gasteiger charge is -2.27. The Morgan fingerprint density at radius 1 is 1.33 bits per heavy atom. The van der Waals surface area contributed by atoms with E-state index in [1.165, 1.54) is 11.8 Å². The highest BCUT2D eigenvalue weighted by Gasteiger charge is 2.18. The van der Waals surface area contributed by atoms with Gasteiger partial charge in [0, 0.05) is 26.6 Å². The molecule has 0 atom stereocenters. The first kappa shape index (κ1) is 13.9. The molecule has 0 unspecified atom stereocenters. The van der Waals surface area contributed by atoms with E-state index in [0.717, 1.165) is 0 Å². The van der Waals surface area contributed by atoms with Crippen LogP contribution in [0, 0.1) is 0 Å². The van der Waals surface area contributed by atoms with Gasteiger partial charge in [-0.25, -0.2) is 0 Å². The van der Waals surface area contributed by atoms with Crippen LogP contribution >= 0.6 is 0 Å². The molecule has 88 valence electrons. The molecule has 0 saturated carbocycles. The highest BCUT2D eigenvalue weighted by molar-refractivity contribution is 5.83. The van der Waals surface area contributed by atoms with Gasteiger partial charge in [-0.15, -0.1) is 0 Å². The molecule has 0 fully saturated rings. The molecule has 0 aliphatic carbocycles. The normalized spacial score (nSPS) is 10.3. The summed E-state index contributed by atoms with van der Waals surface area (Å²) >= 11 is 0. The Balaban J connectivity index is 4.32. The standard InChI is InChI=1S/C10H20N2O3/c1-8(2)12(5-6-13)10(15)7-11(4)9(3)14/h8,13H,5-7H2,1-4H3. The van der Waals surface area contributed by atoms with Crippen LogP contribution in [0.5, 0.6) is 0 Å². The van der Waals surface area contributed by atoms with E-state index in [1.54, 1.807) is 11.9 Å². The van der Waals surface area contributed by atoms with Crippen molar-refractivity contribution >= 4 is 11.8 Å². The SMILES string of the molecule is CC(=O)N(C)CC(=O)N(CCO)C(C)C. The van der Waals surface area contributed by atoms with Crippen molar-refractivity contribution in [2.24, 2.45) is 0 Å². The van der Waals surface area contributed by atoms with Crippen LogP contribution in [-0.4, -0.2) is 59.5 Å². The second-order valence-corrected chi connectivity index (χ2v) is 3.78. The summed E-state index contributed by atoms with van der Waals surface area (Å²) in [6, 6.07) is 0.0324. The minimum absolute atomic E-state index is 0.0324. The van der Waals surface area contributed by atoms with Gasteiger partial charge in [0.25, 0.3) is 0 Å². The third kappa shape index (κ3) is 4.78. The summed E-state index contributed by atoms with van der Waals surface area (Å²) in [5, 5.41) is 8.80. The summed E-state index contributed by atoms with van der Waals surface area (Å²) in [5.74, 6) is -0.284. The zero-order chi connectivity index (χ0) is 12.0. The van der Waals surface area contributed by atoms with E-state index < -0.39 is 0 Å². The molecule has 2 amide bonds. The zero-order valence-corrected chi connectivity index (χ0v) is 9.86. The molecule has 0 radical (unpaired) electrons. The van der Waals surface area contributed by atoms with Crippen LogP contribution in [-0.2, 0) is 9.59 Å². The maximum absolute atomic E-state index is 11.7. The second kappa shape index (κ2) is 6.40. The Morgan fingerprint density at radius 2 is 1.87 bits per heavy atom. The van der Waals surface area contributed by atoms with E-state index in [1.807, 2.05) is 13.8 Å². The fourth-order valence-corrected chi connectivity index (χ4v) is 1.18. The molecular weight excluding hydrogens is 196 g/mol. The first-order valence-corrected chi connectivity index (χ1v) is 5.02. The number of likely N-dealkylation sites (N-methyl/N-ethyl adjacent to an activating group) is 1. The summed E-state index contributed by atoms with van der Waals surface area (Å²) in [6.45, 7) is 5.48. The molecule has 0 spiro atoms. The summed E-state index contributed by atoms with van der Waals surface area (Å²) in [5.41, 5.74) is 0. The molecule has 0 saturated heterocycles. The Hall–Kier alpha value is -1.10. The van der Waals surface area contributed by atoms with Crippen molar-refractivity contribution in [2.75, 3.05) is 26.7 Å². The third-order valence-electron chi connectivity index (χ3n) is 2.19. The Morgan fingerprint density at radius 3 is 2.20 bits per heavy atom. The van der Waals surface area contributed by atoms with Crippen molar-refractivity contribution in [1.82, 2.24) is 9.80 Å². The van der Waals surface area contributed by atoms with Crippen molar-refractivity contribution in [3.05, 3.63) is 0 Å². The molecule has 15 heavy (non-hydrogen) atoms. The molecule has 0 bridgehead atoms. The van der Waals surface area contributed by atoms with E-state index in [9.17, 15) is 9.59 Å².